The van der Waals surface area contributed by atoms with Gasteiger partial charge in [-0.05, 0) is 79.1 Å². The van der Waals surface area contributed by atoms with Crippen LogP contribution in [0.5, 0.6) is 5.75 Å². The monoisotopic (exact) mass is 433 g/mol. The summed E-state index contributed by atoms with van der Waals surface area (Å²) in [5.74, 6) is 1.52. The third-order valence-corrected chi connectivity index (χ3v) is 5.35. The lowest BCUT2D eigenvalue weighted by Gasteiger charge is -2.25. The van der Waals surface area contributed by atoms with Crippen molar-refractivity contribution in [1.82, 2.24) is 9.88 Å². The number of nitrogens with one attached hydrogen (secondary N) is 2. The van der Waals surface area contributed by atoms with Gasteiger partial charge in [0, 0.05) is 16.8 Å². The third-order valence-electron chi connectivity index (χ3n) is 4.99. The van der Waals surface area contributed by atoms with Crippen LogP contribution in [0.4, 0.5) is 5.69 Å². The standard InChI is InChI=1S/C24H23N3O3S/c1-16-5-10-22-17(12-16)13-18(23(28)26-22)14-27(15-21-4-3-11-30-21)24(31)25-19-6-8-20(29-2)9-7-19/h3-13H,14-15H2,1-2H3,(H,25,31)(H,26,28). The van der Waals surface area contributed by atoms with E-state index >= 15 is 0 Å². The first-order chi connectivity index (χ1) is 15.0. The molecule has 2 heterocycles. The van der Waals surface area contributed by atoms with Crippen LogP contribution in [0, 0.1) is 6.92 Å². The predicted molar refractivity (Wildman–Crippen MR) is 126 cm³/mol. The molecule has 0 bridgehead atoms. The highest BCUT2D eigenvalue weighted by Gasteiger charge is 2.16. The molecule has 0 aliphatic rings. The second kappa shape index (κ2) is 9.06. The lowest BCUT2D eigenvalue weighted by molar-refractivity contribution is 0.359. The summed E-state index contributed by atoms with van der Waals surface area (Å²) in [6.45, 7) is 2.80. The maximum absolute atomic E-state index is 12.7. The van der Waals surface area contributed by atoms with Crippen LogP contribution in [0.3, 0.4) is 0 Å². The van der Waals surface area contributed by atoms with E-state index in [1.807, 2.05) is 66.4 Å². The second-order valence-electron chi connectivity index (χ2n) is 7.31. The summed E-state index contributed by atoms with van der Waals surface area (Å²) in [5.41, 5.74) is 3.28. The minimum atomic E-state index is -0.131. The topological polar surface area (TPSA) is 70.5 Å². The number of hydrogen-bond acceptors (Lipinski definition) is 4. The largest absolute Gasteiger partial charge is 0.497 e. The smallest absolute Gasteiger partial charge is 0.253 e. The molecule has 0 saturated carbocycles. The molecule has 0 unspecified atom stereocenters. The predicted octanol–water partition coefficient (Wildman–Crippen LogP) is 4.84. The molecular formula is C24H23N3O3S. The molecule has 7 heteroatoms. The van der Waals surface area contributed by atoms with Crippen molar-refractivity contribution in [2.75, 3.05) is 12.4 Å². The number of aromatic nitrogens is 1. The number of pyridine rings is 1. The van der Waals surface area contributed by atoms with Crippen LogP contribution < -0.4 is 15.6 Å². The number of ether oxygens (including phenoxy) is 1. The summed E-state index contributed by atoms with van der Waals surface area (Å²) >= 11 is 5.68. The molecule has 158 valence electrons. The number of benzene rings is 2. The van der Waals surface area contributed by atoms with Crippen LogP contribution in [-0.2, 0) is 13.1 Å². The maximum atomic E-state index is 12.7. The van der Waals surface area contributed by atoms with E-state index in [1.165, 1.54) is 0 Å². The first-order valence-electron chi connectivity index (χ1n) is 9.87. The quantitative estimate of drug-likeness (QED) is 0.424. The van der Waals surface area contributed by atoms with Gasteiger partial charge in [-0.15, -0.1) is 0 Å². The van der Waals surface area contributed by atoms with Crippen molar-refractivity contribution in [3.05, 3.63) is 94.2 Å². The van der Waals surface area contributed by atoms with Crippen molar-refractivity contribution < 1.29 is 9.15 Å². The SMILES string of the molecule is COc1ccc(NC(=S)N(Cc2ccco2)Cc2cc3cc(C)ccc3[nH]c2=O)cc1. The van der Waals surface area contributed by atoms with Crippen molar-refractivity contribution >= 4 is 33.9 Å². The van der Waals surface area contributed by atoms with Gasteiger partial charge in [-0.1, -0.05) is 11.6 Å². The van der Waals surface area contributed by atoms with Crippen molar-refractivity contribution in [2.24, 2.45) is 0 Å². The van der Waals surface area contributed by atoms with Gasteiger partial charge in [0.2, 0.25) is 0 Å². The number of aryl methyl sites for hydroxylation is 1. The highest BCUT2D eigenvalue weighted by atomic mass is 32.1. The lowest BCUT2D eigenvalue weighted by atomic mass is 10.1. The van der Waals surface area contributed by atoms with Gasteiger partial charge >= 0.3 is 0 Å². The zero-order valence-electron chi connectivity index (χ0n) is 17.3. The van der Waals surface area contributed by atoms with Crippen molar-refractivity contribution in [3.63, 3.8) is 0 Å². The first-order valence-corrected chi connectivity index (χ1v) is 10.3. The van der Waals surface area contributed by atoms with Gasteiger partial charge in [0.1, 0.15) is 11.5 Å². The van der Waals surface area contributed by atoms with E-state index in [-0.39, 0.29) is 5.56 Å². The summed E-state index contributed by atoms with van der Waals surface area (Å²) in [5, 5.41) is 4.72. The molecule has 0 aliphatic carbocycles. The summed E-state index contributed by atoms with van der Waals surface area (Å²) < 4.78 is 10.7. The normalized spacial score (nSPS) is 10.8. The van der Waals surface area contributed by atoms with E-state index in [0.717, 1.165) is 33.7 Å². The van der Waals surface area contributed by atoms with Gasteiger partial charge in [-0.2, -0.15) is 0 Å². The Morgan fingerprint density at radius 3 is 2.65 bits per heavy atom. The second-order valence-corrected chi connectivity index (χ2v) is 7.70. The fourth-order valence-corrected chi connectivity index (χ4v) is 3.61. The highest BCUT2D eigenvalue weighted by Crippen LogP contribution is 2.18. The summed E-state index contributed by atoms with van der Waals surface area (Å²) in [6.07, 6.45) is 1.62. The van der Waals surface area contributed by atoms with Crippen LogP contribution in [0.15, 0.2) is 76.1 Å². The third kappa shape index (κ3) is 4.95. The number of thiocarbonyl (C=S) groups is 1. The Kier molecular flexibility index (Phi) is 6.04. The van der Waals surface area contributed by atoms with Crippen LogP contribution in [0.1, 0.15) is 16.9 Å². The van der Waals surface area contributed by atoms with Gasteiger partial charge in [0.25, 0.3) is 5.56 Å². The minimum absolute atomic E-state index is 0.131. The fourth-order valence-electron chi connectivity index (χ4n) is 3.36. The van der Waals surface area contributed by atoms with E-state index in [4.69, 9.17) is 21.4 Å². The molecule has 4 aromatic rings. The molecule has 0 saturated heterocycles. The molecule has 31 heavy (non-hydrogen) atoms. The number of furan rings is 1. The number of H-pyrrole nitrogens is 1. The molecule has 0 atom stereocenters. The van der Waals surface area contributed by atoms with E-state index in [0.29, 0.717) is 23.8 Å². The number of anilines is 1. The Balaban J connectivity index is 1.61. The van der Waals surface area contributed by atoms with Crippen molar-refractivity contribution in [1.29, 1.82) is 0 Å². The number of hydrogen-bond donors (Lipinski definition) is 2. The first kappa shape index (κ1) is 20.7. The molecule has 0 amide bonds. The van der Waals surface area contributed by atoms with Crippen LogP contribution in [0.2, 0.25) is 0 Å². The number of aromatic amines is 1. The fraction of sp³-hybridized carbons (Fsp3) is 0.167. The van der Waals surface area contributed by atoms with Crippen molar-refractivity contribution in [2.45, 2.75) is 20.0 Å². The van der Waals surface area contributed by atoms with Gasteiger partial charge in [0.15, 0.2) is 5.11 Å². The Morgan fingerprint density at radius 2 is 1.94 bits per heavy atom. The Labute approximate surface area is 185 Å². The average molecular weight is 434 g/mol. The van der Waals surface area contributed by atoms with E-state index < -0.39 is 0 Å². The van der Waals surface area contributed by atoms with Gasteiger partial charge in [0.05, 0.1) is 26.5 Å². The summed E-state index contributed by atoms with van der Waals surface area (Å²) in [7, 11) is 1.63. The maximum Gasteiger partial charge on any atom is 0.253 e. The summed E-state index contributed by atoms with van der Waals surface area (Å²) in [6, 6.07) is 19.1. The molecule has 2 aromatic carbocycles. The summed E-state index contributed by atoms with van der Waals surface area (Å²) in [4.78, 5) is 17.6. The van der Waals surface area contributed by atoms with E-state index in [9.17, 15) is 4.79 Å². The molecule has 0 spiro atoms. The number of nitrogens with zero attached hydrogens (tertiary/aromatic N) is 1. The molecule has 6 nitrogen and oxygen atoms in total. The van der Waals surface area contributed by atoms with E-state index in [1.54, 1.807) is 13.4 Å². The minimum Gasteiger partial charge on any atom is -0.497 e. The molecule has 0 fully saturated rings. The zero-order valence-corrected chi connectivity index (χ0v) is 18.2. The highest BCUT2D eigenvalue weighted by molar-refractivity contribution is 7.80. The molecular weight excluding hydrogens is 410 g/mol. The Bertz CT molecular complexity index is 1250. The molecule has 0 aliphatic heterocycles. The molecule has 0 radical (unpaired) electrons. The number of rotatable bonds is 6. The van der Waals surface area contributed by atoms with Gasteiger partial charge < -0.3 is 24.4 Å². The van der Waals surface area contributed by atoms with Crippen LogP contribution in [0.25, 0.3) is 10.9 Å². The van der Waals surface area contributed by atoms with Gasteiger partial charge in [-0.25, -0.2) is 0 Å². The molecule has 4 rings (SSSR count). The average Bonchev–Trinajstić information content (AvgIpc) is 3.27. The Morgan fingerprint density at radius 1 is 1.13 bits per heavy atom. The van der Waals surface area contributed by atoms with E-state index in [2.05, 4.69) is 16.4 Å². The zero-order chi connectivity index (χ0) is 21.8. The van der Waals surface area contributed by atoms with Gasteiger partial charge in [-0.3, -0.25) is 4.79 Å². The lowest BCUT2D eigenvalue weighted by Crippen LogP contribution is -2.35. The van der Waals surface area contributed by atoms with Crippen LogP contribution >= 0.6 is 12.2 Å². The van der Waals surface area contributed by atoms with Crippen LogP contribution in [-0.4, -0.2) is 22.1 Å². The number of fused-ring (bicyclic) bond motifs is 1. The van der Waals surface area contributed by atoms with Crippen molar-refractivity contribution in [3.8, 4) is 5.75 Å². The molecule has 2 aromatic heterocycles. The molecule has 2 N–H and O–H groups in total. The number of methoxy groups -OCH3 is 1. The Hall–Kier alpha value is -3.58.